The lowest BCUT2D eigenvalue weighted by atomic mass is 9.93. The van der Waals surface area contributed by atoms with Crippen molar-refractivity contribution in [1.29, 1.82) is 0 Å². The van der Waals surface area contributed by atoms with E-state index in [1.165, 1.54) is 7.11 Å². The lowest BCUT2D eigenvalue weighted by molar-refractivity contribution is -0.384. The maximum absolute atomic E-state index is 11.2. The molecule has 0 aliphatic carbocycles. The summed E-state index contributed by atoms with van der Waals surface area (Å²) in [7, 11) is 1.20. The lowest BCUT2D eigenvalue weighted by Crippen LogP contribution is -2.67. The Morgan fingerprint density at radius 1 is 0.304 bits per heavy atom. The Balaban J connectivity index is 1.05. The van der Waals surface area contributed by atoms with Crippen LogP contribution in [0.5, 0.6) is 0 Å². The van der Waals surface area contributed by atoms with Gasteiger partial charge in [-0.05, 0) is 6.42 Å². The number of ether oxygens (including phenoxy) is 12. The molecule has 69 heavy (non-hydrogen) atoms. The van der Waals surface area contributed by atoms with Gasteiger partial charge in [-0.2, -0.15) is 0 Å². The third-order valence-corrected chi connectivity index (χ3v) is 13.2. The Labute approximate surface area is 392 Å². The van der Waals surface area contributed by atoms with Crippen LogP contribution >= 0.6 is 0 Å². The average molecular weight is 1020 g/mol. The summed E-state index contributed by atoms with van der Waals surface area (Å²) in [6, 6.07) is 0. The van der Waals surface area contributed by atoms with Crippen LogP contribution in [0.15, 0.2) is 0 Å². The maximum Gasteiger partial charge on any atom is 0.187 e. The van der Waals surface area contributed by atoms with Gasteiger partial charge in [-0.15, -0.1) is 0 Å². The molecule has 18 N–H and O–H groups in total. The molecule has 30 heteroatoms. The SMILES string of the molecule is CCC1OC(CO)[C@@H](O[C@H]2OC(CO)[C@@H](O[C@H]3OC(CO[C@H]4OC(CO)[C@@H](O[C@H]5OC(CO)[C@@H](O[C@H]6OC(CO)[C@@H](OC)[C@H](O)C6O)[C@H](O)C5O)[C@H](O)C4O)[C@@H](O)[C@H](O)C3O)[C@H](O)C2O)[C@H](O)C1O. The van der Waals surface area contributed by atoms with Crippen molar-refractivity contribution in [3.05, 3.63) is 0 Å². The molecule has 0 radical (unpaired) electrons. The molecule has 0 amide bonds. The Morgan fingerprint density at radius 2 is 0.580 bits per heavy atom. The van der Waals surface area contributed by atoms with Crippen LogP contribution in [0, 0.1) is 0 Å². The van der Waals surface area contributed by atoms with E-state index in [4.69, 9.17) is 56.8 Å². The Kier molecular flexibility index (Phi) is 20.6. The van der Waals surface area contributed by atoms with Gasteiger partial charge in [-0.1, -0.05) is 6.92 Å². The van der Waals surface area contributed by atoms with Crippen molar-refractivity contribution in [2.24, 2.45) is 0 Å². The molecule has 0 aromatic rings. The van der Waals surface area contributed by atoms with Crippen molar-refractivity contribution in [3.8, 4) is 0 Å². The molecule has 0 saturated carbocycles. The molecule has 6 heterocycles. The fourth-order valence-corrected chi connectivity index (χ4v) is 9.13. The first-order valence-corrected chi connectivity index (χ1v) is 22.4. The molecule has 0 spiro atoms. The molecule has 6 fully saturated rings. The molecule has 6 aliphatic rings. The van der Waals surface area contributed by atoms with Gasteiger partial charge in [0, 0.05) is 7.11 Å². The lowest BCUT2D eigenvalue weighted by Gasteiger charge is -2.48. The van der Waals surface area contributed by atoms with Crippen molar-refractivity contribution in [2.75, 3.05) is 46.8 Å². The van der Waals surface area contributed by atoms with Crippen molar-refractivity contribution >= 4 is 0 Å². The zero-order chi connectivity index (χ0) is 50.8. The van der Waals surface area contributed by atoms with Gasteiger partial charge in [0.2, 0.25) is 0 Å². The summed E-state index contributed by atoms with van der Waals surface area (Å²) < 4.78 is 66.9. The predicted octanol–water partition coefficient (Wildman–Crippen LogP) is -12.0. The molecule has 13 unspecified atom stereocenters. The molecule has 6 aliphatic heterocycles. The van der Waals surface area contributed by atoms with Crippen molar-refractivity contribution in [2.45, 2.75) is 197 Å². The van der Waals surface area contributed by atoms with E-state index in [2.05, 4.69) is 0 Å². The summed E-state index contributed by atoms with van der Waals surface area (Å²) >= 11 is 0. The van der Waals surface area contributed by atoms with E-state index in [9.17, 15) is 91.9 Å². The van der Waals surface area contributed by atoms with Gasteiger partial charge >= 0.3 is 0 Å². The number of aliphatic hydroxyl groups is 18. The maximum atomic E-state index is 11.2. The second-order valence-corrected chi connectivity index (χ2v) is 17.6. The number of methoxy groups -OCH3 is 1. The molecule has 30 atom stereocenters. The third-order valence-electron chi connectivity index (χ3n) is 13.2. The molecule has 0 aromatic heterocycles. The summed E-state index contributed by atoms with van der Waals surface area (Å²) in [5.74, 6) is 0. The molecular weight excluding hydrogens is 948 g/mol. The largest absolute Gasteiger partial charge is 0.394 e. The summed E-state index contributed by atoms with van der Waals surface area (Å²) in [6.07, 6.45) is -51.5. The second-order valence-electron chi connectivity index (χ2n) is 17.6. The summed E-state index contributed by atoms with van der Waals surface area (Å²) in [6.45, 7) is -3.34. The van der Waals surface area contributed by atoms with Crippen LogP contribution < -0.4 is 0 Å². The van der Waals surface area contributed by atoms with Gasteiger partial charge in [0.25, 0.3) is 0 Å². The zero-order valence-corrected chi connectivity index (χ0v) is 37.2. The fourth-order valence-electron chi connectivity index (χ4n) is 9.13. The quantitative estimate of drug-likeness (QED) is 0.0606. The van der Waals surface area contributed by atoms with Gasteiger partial charge in [-0.3, -0.25) is 0 Å². The highest BCUT2D eigenvalue weighted by molar-refractivity contribution is 4.99. The van der Waals surface area contributed by atoms with E-state index in [1.807, 2.05) is 0 Å². The summed E-state index contributed by atoms with van der Waals surface area (Å²) in [5, 5.41) is 191. The molecule has 30 nitrogen and oxygen atoms in total. The fraction of sp³-hybridized carbons (Fsp3) is 1.00. The average Bonchev–Trinajstić information content (AvgIpc) is 3.34. The van der Waals surface area contributed by atoms with E-state index < -0.39 is 224 Å². The normalized spacial score (nSPS) is 52.2. The molecule has 404 valence electrons. The highest BCUT2D eigenvalue weighted by atomic mass is 16.8. The number of hydrogen-bond acceptors (Lipinski definition) is 30. The topological polar surface area (TPSA) is 475 Å². The first-order chi connectivity index (χ1) is 32.8. The minimum absolute atomic E-state index is 0.261. The smallest absolute Gasteiger partial charge is 0.187 e. The Hall–Kier alpha value is -1.20. The minimum atomic E-state index is -2.07. The number of hydrogen-bond donors (Lipinski definition) is 18. The van der Waals surface area contributed by atoms with Crippen LogP contribution in [0.3, 0.4) is 0 Å². The van der Waals surface area contributed by atoms with Gasteiger partial charge in [-0.25, -0.2) is 0 Å². The van der Waals surface area contributed by atoms with Crippen molar-refractivity contribution < 1.29 is 149 Å². The molecule has 0 aromatic carbocycles. The van der Waals surface area contributed by atoms with Crippen LogP contribution in [0.4, 0.5) is 0 Å². The Morgan fingerprint density at radius 3 is 0.942 bits per heavy atom. The van der Waals surface area contributed by atoms with Crippen molar-refractivity contribution in [3.63, 3.8) is 0 Å². The van der Waals surface area contributed by atoms with E-state index >= 15 is 0 Å². The van der Waals surface area contributed by atoms with Gasteiger partial charge < -0.3 is 149 Å². The Bertz CT molecular complexity index is 1530. The first-order valence-electron chi connectivity index (χ1n) is 22.4. The first kappa shape index (κ1) is 57.1. The zero-order valence-electron chi connectivity index (χ0n) is 37.2. The summed E-state index contributed by atoms with van der Waals surface area (Å²) in [5.41, 5.74) is 0. The minimum Gasteiger partial charge on any atom is -0.394 e. The molecule has 6 rings (SSSR count). The molecule has 6 saturated heterocycles. The van der Waals surface area contributed by atoms with E-state index in [-0.39, 0.29) is 6.42 Å². The van der Waals surface area contributed by atoms with Gasteiger partial charge in [0.15, 0.2) is 31.5 Å². The molecule has 0 bridgehead atoms. The highest BCUT2D eigenvalue weighted by Gasteiger charge is 2.56. The van der Waals surface area contributed by atoms with E-state index in [0.717, 1.165) is 0 Å². The van der Waals surface area contributed by atoms with Crippen molar-refractivity contribution in [1.82, 2.24) is 0 Å². The van der Waals surface area contributed by atoms with Gasteiger partial charge in [0.1, 0.15) is 146 Å². The molecular formula is C39H68O30. The standard InChI is InChI=1S/C39H68O30/c1-3-10-17(45)20(48)31(12(5-41)60-10)66-38-28(56)23(51)33(14(7-43)63-38)67-36-25(53)19(47)18(46)16(65-36)9-59-35-26(54)22(50)32(13(6-42)61-35)68-39-29(57)24(52)34(15(8-44)64-39)69-37-27(55)21(49)30(58-2)11(4-40)62-37/h10-57H,3-9H2,1-2H3/t10?,11?,12?,13?,14?,15?,16?,17?,18-,19+,20-,21-,22-,23-,24-,25?,26?,27?,28?,29?,30-,31-,32-,33-,34-,35+,36-,37-,38-,39-/m1/s1. The van der Waals surface area contributed by atoms with Crippen LogP contribution in [-0.4, -0.2) is 323 Å². The van der Waals surface area contributed by atoms with Crippen LogP contribution in [0.1, 0.15) is 13.3 Å². The summed E-state index contributed by atoms with van der Waals surface area (Å²) in [4.78, 5) is 0. The van der Waals surface area contributed by atoms with Crippen LogP contribution in [0.25, 0.3) is 0 Å². The van der Waals surface area contributed by atoms with Crippen LogP contribution in [0.2, 0.25) is 0 Å². The van der Waals surface area contributed by atoms with Gasteiger partial charge in [0.05, 0.1) is 45.7 Å². The predicted molar refractivity (Wildman–Crippen MR) is 212 cm³/mol. The number of aliphatic hydroxyl groups excluding tert-OH is 18. The third kappa shape index (κ3) is 11.9. The number of rotatable bonds is 18. The second kappa shape index (κ2) is 24.9. The monoisotopic (exact) mass is 1020 g/mol. The van der Waals surface area contributed by atoms with Crippen LogP contribution in [-0.2, 0) is 56.8 Å². The van der Waals surface area contributed by atoms with E-state index in [1.54, 1.807) is 6.92 Å². The highest BCUT2D eigenvalue weighted by Crippen LogP contribution is 2.36. The van der Waals surface area contributed by atoms with E-state index in [0.29, 0.717) is 0 Å².